The second kappa shape index (κ2) is 9.07. The van der Waals surface area contributed by atoms with Crippen molar-refractivity contribution >= 4 is 28.5 Å². The highest BCUT2D eigenvalue weighted by atomic mass is 32.2. The lowest BCUT2D eigenvalue weighted by Gasteiger charge is -2.25. The third-order valence-electron chi connectivity index (χ3n) is 6.36. The van der Waals surface area contributed by atoms with Crippen LogP contribution in [0.1, 0.15) is 41.0 Å². The maximum Gasteiger partial charge on any atom is 0.268 e. The van der Waals surface area contributed by atoms with E-state index in [0.29, 0.717) is 18.2 Å². The lowest BCUT2D eigenvalue weighted by Crippen LogP contribution is -2.35. The predicted octanol–water partition coefficient (Wildman–Crippen LogP) is 3.56. The number of piperidine rings is 1. The minimum atomic E-state index is -1.17. The molecule has 3 aromatic rings. The van der Waals surface area contributed by atoms with Gasteiger partial charge in [-0.1, -0.05) is 12.5 Å². The molecule has 4 heterocycles. The van der Waals surface area contributed by atoms with Crippen molar-refractivity contribution in [3.8, 4) is 11.3 Å². The normalized spacial score (nSPS) is 17.3. The molecule has 2 aromatic heterocycles. The zero-order valence-corrected chi connectivity index (χ0v) is 19.7. The Bertz CT molecular complexity index is 1230. The molecule has 1 unspecified atom stereocenters. The Kier molecular flexibility index (Phi) is 5.99. The molecule has 8 nitrogen and oxygen atoms in total. The van der Waals surface area contributed by atoms with Crippen LogP contribution in [0.2, 0.25) is 0 Å². The molecule has 172 valence electrons. The van der Waals surface area contributed by atoms with Crippen molar-refractivity contribution in [2.45, 2.75) is 44.6 Å². The average Bonchev–Trinajstić information content (AvgIpc) is 3.10. The maximum absolute atomic E-state index is 13.0. The first-order valence-electron chi connectivity index (χ1n) is 11.4. The topological polar surface area (TPSA) is 92.2 Å². The molecule has 5 rings (SSSR count). The summed E-state index contributed by atoms with van der Waals surface area (Å²) in [5.74, 6) is 0.417. The van der Waals surface area contributed by atoms with Crippen LogP contribution >= 0.6 is 0 Å². The van der Waals surface area contributed by atoms with Gasteiger partial charge in [-0.15, -0.1) is 0 Å². The summed E-state index contributed by atoms with van der Waals surface area (Å²) in [6, 6.07) is 9.49. The minimum Gasteiger partial charge on any atom is -0.349 e. The number of carbonyl (C=O) groups is 1. The van der Waals surface area contributed by atoms with Gasteiger partial charge in [0.05, 0.1) is 10.6 Å². The molecule has 1 aromatic carbocycles. The van der Waals surface area contributed by atoms with E-state index in [1.807, 2.05) is 48.5 Å². The third kappa shape index (κ3) is 4.18. The third-order valence-corrected chi connectivity index (χ3v) is 7.85. The van der Waals surface area contributed by atoms with Gasteiger partial charge in [-0.05, 0) is 56.5 Å². The van der Waals surface area contributed by atoms with E-state index in [1.54, 1.807) is 6.20 Å². The number of benzene rings is 1. The first-order valence-corrected chi connectivity index (χ1v) is 12.5. The molecule has 0 spiro atoms. The Labute approximate surface area is 196 Å². The van der Waals surface area contributed by atoms with Crippen molar-refractivity contribution in [2.75, 3.05) is 25.0 Å². The van der Waals surface area contributed by atoms with Gasteiger partial charge in [-0.3, -0.25) is 4.79 Å². The largest absolute Gasteiger partial charge is 0.349 e. The summed E-state index contributed by atoms with van der Waals surface area (Å²) in [6.07, 6.45) is 5.11. The summed E-state index contributed by atoms with van der Waals surface area (Å²) < 4.78 is 17.1. The van der Waals surface area contributed by atoms with E-state index >= 15 is 0 Å². The maximum atomic E-state index is 13.0. The van der Waals surface area contributed by atoms with Crippen molar-refractivity contribution in [3.05, 3.63) is 53.5 Å². The molecule has 1 atom stereocenters. The van der Waals surface area contributed by atoms with Crippen molar-refractivity contribution in [3.63, 3.8) is 0 Å². The van der Waals surface area contributed by atoms with Crippen LogP contribution in [-0.4, -0.2) is 48.6 Å². The highest BCUT2D eigenvalue weighted by molar-refractivity contribution is 7.82. The summed E-state index contributed by atoms with van der Waals surface area (Å²) in [5.41, 5.74) is 5.18. The van der Waals surface area contributed by atoms with Crippen LogP contribution in [-0.2, 0) is 17.5 Å². The molecule has 0 aliphatic carbocycles. The number of rotatable bonds is 5. The molecule has 2 aliphatic heterocycles. The molecule has 0 bridgehead atoms. The van der Waals surface area contributed by atoms with Crippen molar-refractivity contribution in [1.82, 2.24) is 24.2 Å². The second-order valence-electron chi connectivity index (χ2n) is 8.50. The highest BCUT2D eigenvalue weighted by Gasteiger charge is 2.26. The number of hydrogen-bond acceptors (Lipinski definition) is 5. The van der Waals surface area contributed by atoms with E-state index in [1.165, 1.54) is 6.42 Å². The van der Waals surface area contributed by atoms with Crippen molar-refractivity contribution in [1.29, 1.82) is 0 Å². The zero-order chi connectivity index (χ0) is 22.9. The molecular formula is C24H28N6O2S. The first kappa shape index (κ1) is 21.8. The van der Waals surface area contributed by atoms with E-state index in [4.69, 9.17) is 4.98 Å². The number of amides is 1. The fourth-order valence-corrected chi connectivity index (χ4v) is 6.07. The highest BCUT2D eigenvalue weighted by Crippen LogP contribution is 2.32. The Hall–Kier alpha value is -3.04. The van der Waals surface area contributed by atoms with Gasteiger partial charge in [0.2, 0.25) is 5.95 Å². The minimum absolute atomic E-state index is 0.0426. The van der Waals surface area contributed by atoms with Gasteiger partial charge >= 0.3 is 0 Å². The molecule has 2 N–H and O–H groups in total. The quantitative estimate of drug-likeness (QED) is 0.602. The van der Waals surface area contributed by atoms with Gasteiger partial charge in [0.15, 0.2) is 0 Å². The Morgan fingerprint density at radius 3 is 2.70 bits per heavy atom. The molecular weight excluding hydrogens is 436 g/mol. The number of carbonyl (C=O) groups excluding carboxylic acids is 1. The predicted molar refractivity (Wildman–Crippen MR) is 129 cm³/mol. The Morgan fingerprint density at radius 1 is 1.09 bits per heavy atom. The van der Waals surface area contributed by atoms with Gasteiger partial charge in [0.25, 0.3) is 5.91 Å². The van der Waals surface area contributed by atoms with Gasteiger partial charge < -0.3 is 15.2 Å². The monoisotopic (exact) mass is 464 g/mol. The molecule has 1 amide bonds. The standard InChI is InChI=1S/C24H28N6O2S/c1-16-21(17(2)30-14-11-25-23(31)22(16)30)20-9-10-26-24(28-20)27-18-7-6-8-19(15-18)33(32)29-12-4-3-5-13-29/h6-10,15H,3-5,11-14H2,1-2H3,(H,25,31)(H,26,27,28). The SMILES string of the molecule is Cc1c(-c2ccnc(Nc3cccc(S(=O)N4CCCCC4)c3)n2)c(C)n2c1C(=O)NCC2. The van der Waals surface area contributed by atoms with E-state index in [9.17, 15) is 9.00 Å². The number of anilines is 2. The van der Waals surface area contributed by atoms with Crippen molar-refractivity contribution < 1.29 is 9.00 Å². The fourth-order valence-electron chi connectivity index (χ4n) is 4.76. The molecule has 1 saturated heterocycles. The average molecular weight is 465 g/mol. The summed E-state index contributed by atoms with van der Waals surface area (Å²) in [4.78, 5) is 22.3. The van der Waals surface area contributed by atoms with E-state index in [0.717, 1.165) is 65.6 Å². The van der Waals surface area contributed by atoms with Gasteiger partial charge in [0.1, 0.15) is 16.7 Å². The summed E-state index contributed by atoms with van der Waals surface area (Å²) in [5, 5.41) is 6.18. The molecule has 0 radical (unpaired) electrons. The molecule has 9 heteroatoms. The molecule has 2 aliphatic rings. The zero-order valence-electron chi connectivity index (χ0n) is 18.9. The van der Waals surface area contributed by atoms with Crippen molar-refractivity contribution in [2.24, 2.45) is 0 Å². The molecule has 33 heavy (non-hydrogen) atoms. The van der Waals surface area contributed by atoms with Crippen LogP contribution in [0.15, 0.2) is 41.4 Å². The van der Waals surface area contributed by atoms with Crippen LogP contribution in [0.3, 0.4) is 0 Å². The van der Waals surface area contributed by atoms with Crippen LogP contribution in [0, 0.1) is 13.8 Å². The van der Waals surface area contributed by atoms with Gasteiger partial charge in [-0.25, -0.2) is 18.5 Å². The number of hydrogen-bond donors (Lipinski definition) is 2. The lowest BCUT2D eigenvalue weighted by atomic mass is 10.1. The smallest absolute Gasteiger partial charge is 0.268 e. The second-order valence-corrected chi connectivity index (χ2v) is 9.98. The Balaban J connectivity index is 1.41. The van der Waals surface area contributed by atoms with E-state index in [-0.39, 0.29) is 5.91 Å². The van der Waals surface area contributed by atoms with E-state index in [2.05, 4.69) is 20.2 Å². The van der Waals surface area contributed by atoms with E-state index < -0.39 is 11.0 Å². The van der Waals surface area contributed by atoms with Crippen LogP contribution in [0.5, 0.6) is 0 Å². The number of nitrogens with one attached hydrogen (secondary N) is 2. The van der Waals surface area contributed by atoms with Gasteiger partial charge in [0, 0.05) is 49.3 Å². The summed E-state index contributed by atoms with van der Waals surface area (Å²) >= 11 is 0. The number of aromatic nitrogens is 3. The van der Waals surface area contributed by atoms with Gasteiger partial charge in [-0.2, -0.15) is 0 Å². The van der Waals surface area contributed by atoms with Crippen LogP contribution in [0.4, 0.5) is 11.6 Å². The summed E-state index contributed by atoms with van der Waals surface area (Å²) in [6.45, 7) is 7.12. The van der Waals surface area contributed by atoms with Crippen LogP contribution in [0.25, 0.3) is 11.3 Å². The first-order chi connectivity index (χ1) is 16.0. The summed E-state index contributed by atoms with van der Waals surface area (Å²) in [7, 11) is -1.17. The number of fused-ring (bicyclic) bond motifs is 1. The molecule has 1 fully saturated rings. The Morgan fingerprint density at radius 2 is 1.91 bits per heavy atom. The van der Waals surface area contributed by atoms with Crippen LogP contribution < -0.4 is 10.6 Å². The molecule has 0 saturated carbocycles. The number of nitrogens with zero attached hydrogens (tertiary/aromatic N) is 4. The fraction of sp³-hybridized carbons (Fsp3) is 0.375. The lowest BCUT2D eigenvalue weighted by molar-refractivity contribution is 0.0926.